The number of aromatic nitrogens is 2. The summed E-state index contributed by atoms with van der Waals surface area (Å²) in [5, 5.41) is 0. The fourth-order valence-electron chi connectivity index (χ4n) is 2.95. The number of rotatable bonds is 7. The van der Waals surface area contributed by atoms with Gasteiger partial charge in [0.25, 0.3) is 5.56 Å². The highest BCUT2D eigenvalue weighted by Gasteiger charge is 2.25. The molecule has 1 aliphatic rings. The van der Waals surface area contributed by atoms with Crippen LogP contribution in [-0.4, -0.2) is 21.9 Å². The van der Waals surface area contributed by atoms with E-state index in [1.807, 2.05) is 42.5 Å². The molecular formula is C18H19N2O5P. The molecule has 3 rings (SSSR count). The summed E-state index contributed by atoms with van der Waals surface area (Å²) in [4.78, 5) is 25.8. The van der Waals surface area contributed by atoms with E-state index >= 15 is 0 Å². The lowest BCUT2D eigenvalue weighted by atomic mass is 10.1. The summed E-state index contributed by atoms with van der Waals surface area (Å²) in [5.74, 6) is 0. The molecule has 0 fully saturated rings. The zero-order valence-corrected chi connectivity index (χ0v) is 15.1. The number of ether oxygens (including phenoxy) is 1. The number of hydrogen-bond donors (Lipinski definition) is 1. The van der Waals surface area contributed by atoms with Crippen LogP contribution in [0.2, 0.25) is 0 Å². The SMILES string of the molecule is Cc1cn(C2C=CC(OC(Cc3ccccc3)OP=O)C2)c(=O)[nH]c1=O. The first-order chi connectivity index (χ1) is 12.6. The van der Waals surface area contributed by atoms with Crippen LogP contribution in [0.1, 0.15) is 23.6 Å². The molecule has 2 aromatic rings. The van der Waals surface area contributed by atoms with Gasteiger partial charge in [0.2, 0.25) is 0 Å². The van der Waals surface area contributed by atoms with Gasteiger partial charge in [-0.2, -0.15) is 0 Å². The third kappa shape index (κ3) is 4.43. The Morgan fingerprint density at radius 2 is 2.04 bits per heavy atom. The number of nitrogens with zero attached hydrogens (tertiary/aromatic N) is 1. The third-order valence-electron chi connectivity index (χ3n) is 4.26. The second-order valence-corrected chi connectivity index (χ2v) is 6.50. The van der Waals surface area contributed by atoms with E-state index in [9.17, 15) is 14.2 Å². The first-order valence-electron chi connectivity index (χ1n) is 8.25. The number of H-pyrrole nitrogens is 1. The Morgan fingerprint density at radius 3 is 2.77 bits per heavy atom. The molecule has 0 saturated carbocycles. The van der Waals surface area contributed by atoms with Gasteiger partial charge in [0.05, 0.1) is 12.1 Å². The van der Waals surface area contributed by atoms with E-state index in [1.165, 1.54) is 4.57 Å². The average Bonchev–Trinajstić information content (AvgIpc) is 3.07. The minimum atomic E-state index is -0.668. The van der Waals surface area contributed by atoms with Gasteiger partial charge in [0, 0.05) is 24.6 Å². The van der Waals surface area contributed by atoms with Crippen LogP contribution >= 0.6 is 8.69 Å². The lowest BCUT2D eigenvalue weighted by Gasteiger charge is -2.20. The van der Waals surface area contributed by atoms with Gasteiger partial charge in [-0.15, -0.1) is 0 Å². The fraction of sp³-hybridized carbons (Fsp3) is 0.333. The van der Waals surface area contributed by atoms with Crippen LogP contribution < -0.4 is 11.2 Å². The molecule has 1 aliphatic carbocycles. The smallest absolute Gasteiger partial charge is 0.329 e. The minimum Gasteiger partial charge on any atom is -0.344 e. The maximum atomic E-state index is 12.0. The highest BCUT2D eigenvalue weighted by molar-refractivity contribution is 7.17. The summed E-state index contributed by atoms with van der Waals surface area (Å²) in [6.07, 6.45) is 5.29. The summed E-state index contributed by atoms with van der Waals surface area (Å²) < 4.78 is 23.4. The summed E-state index contributed by atoms with van der Waals surface area (Å²) in [6.45, 7) is 1.65. The van der Waals surface area contributed by atoms with Crippen molar-refractivity contribution in [3.8, 4) is 0 Å². The van der Waals surface area contributed by atoms with Gasteiger partial charge in [-0.05, 0) is 12.5 Å². The van der Waals surface area contributed by atoms with Gasteiger partial charge < -0.3 is 4.74 Å². The van der Waals surface area contributed by atoms with Gasteiger partial charge in [0.15, 0.2) is 6.29 Å². The molecule has 8 heteroatoms. The lowest BCUT2D eigenvalue weighted by Crippen LogP contribution is -2.33. The van der Waals surface area contributed by atoms with E-state index in [1.54, 1.807) is 13.1 Å². The maximum Gasteiger partial charge on any atom is 0.329 e. The molecule has 1 heterocycles. The molecule has 1 N–H and O–H groups in total. The van der Waals surface area contributed by atoms with E-state index in [0.29, 0.717) is 18.4 Å². The number of nitrogens with one attached hydrogen (secondary N) is 1. The highest BCUT2D eigenvalue weighted by atomic mass is 31.1. The van der Waals surface area contributed by atoms with Crippen molar-refractivity contribution >= 4 is 8.69 Å². The van der Waals surface area contributed by atoms with E-state index in [2.05, 4.69) is 4.98 Å². The Morgan fingerprint density at radius 1 is 1.27 bits per heavy atom. The monoisotopic (exact) mass is 374 g/mol. The number of aromatic amines is 1. The van der Waals surface area contributed by atoms with Gasteiger partial charge in [0.1, 0.15) is 0 Å². The van der Waals surface area contributed by atoms with Crippen molar-refractivity contribution < 1.29 is 13.8 Å². The first-order valence-corrected chi connectivity index (χ1v) is 8.98. The quantitative estimate of drug-likeness (QED) is 0.457. The van der Waals surface area contributed by atoms with Crippen molar-refractivity contribution in [3.05, 3.63) is 80.6 Å². The second kappa shape index (κ2) is 8.36. The molecule has 136 valence electrons. The Balaban J connectivity index is 1.67. The summed E-state index contributed by atoms with van der Waals surface area (Å²) >= 11 is 0. The summed E-state index contributed by atoms with van der Waals surface area (Å²) in [7, 11) is -0.449. The second-order valence-electron chi connectivity index (χ2n) is 6.14. The Bertz CT molecular complexity index is 906. The van der Waals surface area contributed by atoms with Crippen molar-refractivity contribution in [3.63, 3.8) is 0 Å². The molecule has 26 heavy (non-hydrogen) atoms. The zero-order chi connectivity index (χ0) is 18.5. The molecule has 3 unspecified atom stereocenters. The topological polar surface area (TPSA) is 90.4 Å². The molecule has 1 aromatic heterocycles. The Kier molecular flexibility index (Phi) is 5.93. The van der Waals surface area contributed by atoms with E-state index in [0.717, 1.165) is 5.56 Å². The molecule has 0 amide bonds. The molecule has 1 aromatic carbocycles. The van der Waals surface area contributed by atoms with Crippen molar-refractivity contribution in [2.24, 2.45) is 0 Å². The van der Waals surface area contributed by atoms with E-state index in [-0.39, 0.29) is 17.7 Å². The Hall–Kier alpha value is -2.34. The molecule has 0 aliphatic heterocycles. The van der Waals surface area contributed by atoms with Crippen LogP contribution in [0.4, 0.5) is 0 Å². The van der Waals surface area contributed by atoms with Crippen LogP contribution in [0.25, 0.3) is 0 Å². The highest BCUT2D eigenvalue weighted by Crippen LogP contribution is 2.26. The first kappa shape index (κ1) is 18.5. The van der Waals surface area contributed by atoms with Crippen molar-refractivity contribution in [1.29, 1.82) is 0 Å². The number of allylic oxidation sites excluding steroid dienone is 1. The van der Waals surface area contributed by atoms with Crippen LogP contribution in [0.15, 0.2) is 58.3 Å². The zero-order valence-electron chi connectivity index (χ0n) is 14.2. The normalized spacial score (nSPS) is 20.5. The van der Waals surface area contributed by atoms with Gasteiger partial charge in [-0.1, -0.05) is 42.5 Å². The van der Waals surface area contributed by atoms with Gasteiger partial charge in [-0.3, -0.25) is 18.9 Å². The molecule has 3 atom stereocenters. The van der Waals surface area contributed by atoms with Crippen LogP contribution in [-0.2, 0) is 20.2 Å². The predicted octanol–water partition coefficient (Wildman–Crippen LogP) is 2.52. The third-order valence-corrected chi connectivity index (χ3v) is 4.58. The largest absolute Gasteiger partial charge is 0.344 e. The van der Waals surface area contributed by atoms with Crippen LogP contribution in [0, 0.1) is 6.92 Å². The fourth-order valence-corrected chi connectivity index (χ4v) is 3.17. The molecule has 0 spiro atoms. The van der Waals surface area contributed by atoms with Crippen molar-refractivity contribution in [1.82, 2.24) is 9.55 Å². The molecule has 0 bridgehead atoms. The van der Waals surface area contributed by atoms with Crippen molar-refractivity contribution in [2.45, 2.75) is 38.2 Å². The van der Waals surface area contributed by atoms with E-state index in [4.69, 9.17) is 9.26 Å². The molecule has 7 nitrogen and oxygen atoms in total. The maximum absolute atomic E-state index is 12.0. The predicted molar refractivity (Wildman–Crippen MR) is 96.4 cm³/mol. The summed E-state index contributed by atoms with van der Waals surface area (Å²) in [5.41, 5.74) is 0.642. The number of hydrogen-bond acceptors (Lipinski definition) is 5. The Labute approximate surface area is 151 Å². The van der Waals surface area contributed by atoms with E-state index < -0.39 is 20.7 Å². The molecular weight excluding hydrogens is 355 g/mol. The molecule has 0 saturated heterocycles. The van der Waals surface area contributed by atoms with Crippen LogP contribution in [0.3, 0.4) is 0 Å². The van der Waals surface area contributed by atoms with Crippen molar-refractivity contribution in [2.75, 3.05) is 0 Å². The minimum absolute atomic E-state index is 0.217. The number of benzene rings is 1. The lowest BCUT2D eigenvalue weighted by molar-refractivity contribution is -0.0984. The van der Waals surface area contributed by atoms with Crippen LogP contribution in [0.5, 0.6) is 0 Å². The summed E-state index contributed by atoms with van der Waals surface area (Å²) in [6, 6.07) is 9.41. The van der Waals surface area contributed by atoms with Gasteiger partial charge >= 0.3 is 14.4 Å². The standard InChI is InChI=1S/C18H19N2O5P/c1-12-11-20(18(22)19-17(12)21)14-7-8-15(10-14)24-16(25-26-23)9-13-5-3-2-4-6-13/h2-8,11,14-16H,9-10H2,1H3,(H,19,21,22). The van der Waals surface area contributed by atoms with Gasteiger partial charge in [-0.25, -0.2) is 9.36 Å². The molecule has 0 radical (unpaired) electrons. The average molecular weight is 374 g/mol. The number of aryl methyl sites for hydroxylation is 1.